The van der Waals surface area contributed by atoms with E-state index in [2.05, 4.69) is 6.92 Å². The lowest BCUT2D eigenvalue weighted by atomic mass is 9.87. The molecule has 2 aliphatic heterocycles. The Labute approximate surface area is 83.9 Å². The van der Waals surface area contributed by atoms with E-state index in [4.69, 9.17) is 0 Å². The monoisotopic (exact) mass is 200 g/mol. The van der Waals surface area contributed by atoms with Gasteiger partial charge < -0.3 is 4.90 Å². The largest absolute Gasteiger partial charge is 0.338 e. The number of nitrogens with zero attached hydrogens (tertiary/aromatic N) is 2. The van der Waals surface area contributed by atoms with Gasteiger partial charge in [-0.1, -0.05) is 6.92 Å². The van der Waals surface area contributed by atoms with Gasteiger partial charge in [0, 0.05) is 32.0 Å². The zero-order valence-electron chi connectivity index (χ0n) is 8.90. The van der Waals surface area contributed by atoms with Crippen molar-refractivity contribution >= 4 is 5.91 Å². The third-order valence-corrected chi connectivity index (χ3v) is 3.74. The second kappa shape index (κ2) is 3.19. The Bertz CT molecular complexity index is 259. The van der Waals surface area contributed by atoms with Crippen LogP contribution in [0.1, 0.15) is 13.8 Å². The maximum Gasteiger partial charge on any atom is 0.219 e. The number of amides is 1. The number of carbonyl (C=O) groups is 1. The Morgan fingerprint density at radius 1 is 1.43 bits per heavy atom. The zero-order valence-corrected chi connectivity index (χ0v) is 8.90. The average molecular weight is 200 g/mol. The summed E-state index contributed by atoms with van der Waals surface area (Å²) in [4.78, 5) is 14.9. The van der Waals surface area contributed by atoms with Crippen LogP contribution < -0.4 is 0 Å². The van der Waals surface area contributed by atoms with Crippen molar-refractivity contribution in [1.29, 1.82) is 0 Å². The van der Waals surface area contributed by atoms with Crippen LogP contribution in [0.3, 0.4) is 0 Å². The summed E-state index contributed by atoms with van der Waals surface area (Å²) < 4.78 is 13.7. The summed E-state index contributed by atoms with van der Waals surface area (Å²) in [5, 5.41) is 0. The molecule has 0 aromatic heterocycles. The third kappa shape index (κ3) is 1.24. The standard InChI is InChI=1S/C10H17FN2O/c1-6-8-4-13(7(2)14)9(6)5-12(3)10(8)11/h6,8-10H,4-5H2,1-3H3. The lowest BCUT2D eigenvalue weighted by molar-refractivity contribution is -0.130. The number of hydrogen-bond donors (Lipinski definition) is 0. The molecule has 3 nitrogen and oxygen atoms in total. The van der Waals surface area contributed by atoms with E-state index in [-0.39, 0.29) is 17.9 Å². The molecular formula is C10H17FN2O. The normalized spacial score (nSPS) is 43.0. The minimum absolute atomic E-state index is 0.00245. The minimum Gasteiger partial charge on any atom is -0.338 e. The predicted octanol–water partition coefficient (Wildman–Crippen LogP) is 0.710. The second-order valence-electron chi connectivity index (χ2n) is 4.57. The molecule has 1 amide bonds. The first kappa shape index (κ1) is 9.90. The van der Waals surface area contributed by atoms with Crippen LogP contribution in [-0.2, 0) is 4.79 Å². The fourth-order valence-electron chi connectivity index (χ4n) is 2.78. The number of carbonyl (C=O) groups excluding carboxylic acids is 1. The molecule has 0 aliphatic carbocycles. The van der Waals surface area contributed by atoms with E-state index in [1.165, 1.54) is 0 Å². The Kier molecular flexibility index (Phi) is 2.26. The van der Waals surface area contributed by atoms with Gasteiger partial charge in [-0.25, -0.2) is 4.39 Å². The second-order valence-corrected chi connectivity index (χ2v) is 4.57. The number of halogens is 1. The highest BCUT2D eigenvalue weighted by atomic mass is 19.1. The van der Waals surface area contributed by atoms with Crippen LogP contribution in [0.25, 0.3) is 0 Å². The molecule has 4 atom stereocenters. The quantitative estimate of drug-likeness (QED) is 0.538. The Hall–Kier alpha value is -0.640. The first-order valence-corrected chi connectivity index (χ1v) is 5.14. The number of likely N-dealkylation sites (N-methyl/N-ethyl adjacent to an activating group) is 1. The molecule has 2 aliphatic rings. The number of piperidine rings is 1. The molecule has 2 rings (SSSR count). The number of fused-ring (bicyclic) bond motifs is 2. The smallest absolute Gasteiger partial charge is 0.219 e. The zero-order chi connectivity index (χ0) is 10.5. The van der Waals surface area contributed by atoms with E-state index in [1.807, 2.05) is 4.90 Å². The van der Waals surface area contributed by atoms with E-state index in [9.17, 15) is 9.18 Å². The van der Waals surface area contributed by atoms with Crippen LogP contribution in [0.15, 0.2) is 0 Å². The van der Waals surface area contributed by atoms with Gasteiger partial charge in [-0.15, -0.1) is 0 Å². The first-order chi connectivity index (χ1) is 6.52. The Morgan fingerprint density at radius 2 is 2.07 bits per heavy atom. The average Bonchev–Trinajstić information content (AvgIpc) is 2.35. The number of likely N-dealkylation sites (tertiary alicyclic amines) is 2. The van der Waals surface area contributed by atoms with Gasteiger partial charge >= 0.3 is 0 Å². The van der Waals surface area contributed by atoms with Crippen LogP contribution in [0.4, 0.5) is 4.39 Å². The van der Waals surface area contributed by atoms with Gasteiger partial charge in [0.1, 0.15) is 0 Å². The van der Waals surface area contributed by atoms with Gasteiger partial charge in [0.15, 0.2) is 6.30 Å². The molecular weight excluding hydrogens is 183 g/mol. The molecule has 4 unspecified atom stereocenters. The Morgan fingerprint density at radius 3 is 2.64 bits per heavy atom. The lowest BCUT2D eigenvalue weighted by Gasteiger charge is -2.37. The molecule has 14 heavy (non-hydrogen) atoms. The third-order valence-electron chi connectivity index (χ3n) is 3.74. The lowest BCUT2D eigenvalue weighted by Crippen LogP contribution is -2.49. The van der Waals surface area contributed by atoms with Crippen LogP contribution in [0.5, 0.6) is 0 Å². The molecule has 2 saturated heterocycles. The van der Waals surface area contributed by atoms with Gasteiger partial charge in [-0.2, -0.15) is 0 Å². The summed E-state index contributed by atoms with van der Waals surface area (Å²) in [5.41, 5.74) is 0. The summed E-state index contributed by atoms with van der Waals surface area (Å²) in [6, 6.07) is 0.217. The molecule has 2 bridgehead atoms. The summed E-state index contributed by atoms with van der Waals surface area (Å²) in [5.74, 6) is 0.375. The van der Waals surface area contributed by atoms with E-state index in [0.29, 0.717) is 19.0 Å². The van der Waals surface area contributed by atoms with Crippen molar-refractivity contribution < 1.29 is 9.18 Å². The number of hydrogen-bond acceptors (Lipinski definition) is 2. The molecule has 2 heterocycles. The molecule has 4 heteroatoms. The van der Waals surface area contributed by atoms with Crippen molar-refractivity contribution in [2.24, 2.45) is 11.8 Å². The van der Waals surface area contributed by atoms with Crippen LogP contribution >= 0.6 is 0 Å². The summed E-state index contributed by atoms with van der Waals surface area (Å²) in [6.07, 6.45) is -0.884. The van der Waals surface area contributed by atoms with Crippen molar-refractivity contribution in [3.63, 3.8) is 0 Å². The van der Waals surface area contributed by atoms with Gasteiger partial charge in [0.25, 0.3) is 0 Å². The van der Waals surface area contributed by atoms with E-state index in [1.54, 1.807) is 18.9 Å². The fraction of sp³-hybridized carbons (Fsp3) is 0.900. The molecule has 0 spiro atoms. The highest BCUT2D eigenvalue weighted by Crippen LogP contribution is 2.38. The van der Waals surface area contributed by atoms with Gasteiger partial charge in [-0.3, -0.25) is 9.69 Å². The van der Waals surface area contributed by atoms with Crippen molar-refractivity contribution in [1.82, 2.24) is 9.80 Å². The molecule has 0 saturated carbocycles. The number of rotatable bonds is 0. The van der Waals surface area contributed by atoms with E-state index < -0.39 is 6.30 Å². The molecule has 80 valence electrons. The summed E-state index contributed by atoms with van der Waals surface area (Å²) in [7, 11) is 1.79. The first-order valence-electron chi connectivity index (χ1n) is 5.14. The molecule has 0 radical (unpaired) electrons. The minimum atomic E-state index is -0.884. The molecule has 2 fully saturated rings. The predicted molar refractivity (Wildman–Crippen MR) is 51.4 cm³/mol. The van der Waals surface area contributed by atoms with E-state index in [0.717, 1.165) is 0 Å². The Balaban J connectivity index is 2.22. The van der Waals surface area contributed by atoms with Crippen molar-refractivity contribution in [3.05, 3.63) is 0 Å². The van der Waals surface area contributed by atoms with Crippen molar-refractivity contribution in [3.8, 4) is 0 Å². The topological polar surface area (TPSA) is 23.6 Å². The van der Waals surface area contributed by atoms with Gasteiger partial charge in [0.05, 0.1) is 0 Å². The molecule has 0 aromatic carbocycles. The fourth-order valence-corrected chi connectivity index (χ4v) is 2.78. The molecule has 0 N–H and O–H groups in total. The maximum absolute atomic E-state index is 13.7. The van der Waals surface area contributed by atoms with E-state index >= 15 is 0 Å². The van der Waals surface area contributed by atoms with Crippen LogP contribution in [-0.4, -0.2) is 48.2 Å². The van der Waals surface area contributed by atoms with Crippen molar-refractivity contribution in [2.45, 2.75) is 26.2 Å². The highest BCUT2D eigenvalue weighted by Gasteiger charge is 2.49. The van der Waals surface area contributed by atoms with Gasteiger partial charge in [-0.05, 0) is 13.0 Å². The van der Waals surface area contributed by atoms with Gasteiger partial charge in [0.2, 0.25) is 5.91 Å². The maximum atomic E-state index is 13.7. The SMILES string of the molecule is CC(=O)N1CC2C(C)C1CN(C)C2F. The van der Waals surface area contributed by atoms with Crippen LogP contribution in [0.2, 0.25) is 0 Å². The number of alkyl halides is 1. The highest BCUT2D eigenvalue weighted by molar-refractivity contribution is 5.74. The van der Waals surface area contributed by atoms with Crippen LogP contribution in [0, 0.1) is 11.8 Å². The summed E-state index contributed by atoms with van der Waals surface area (Å²) >= 11 is 0. The molecule has 0 aromatic rings. The summed E-state index contributed by atoms with van der Waals surface area (Å²) in [6.45, 7) is 4.88. The van der Waals surface area contributed by atoms with Crippen molar-refractivity contribution in [2.75, 3.05) is 20.1 Å².